The lowest BCUT2D eigenvalue weighted by Gasteiger charge is -1.91. The zero-order valence-corrected chi connectivity index (χ0v) is 8.07. The van der Waals surface area contributed by atoms with Crippen LogP contribution in [0.2, 0.25) is 5.02 Å². The monoisotopic (exact) mass is 206 g/mol. The predicted molar refractivity (Wildman–Crippen MR) is 54.8 cm³/mol. The second kappa shape index (κ2) is 5.87. The van der Waals surface area contributed by atoms with Gasteiger partial charge >= 0.3 is 0 Å². The minimum absolute atomic E-state index is 0.381. The number of hydrogen-bond donors (Lipinski definition) is 0. The Morgan fingerprint density at radius 1 is 1.64 bits per heavy atom. The van der Waals surface area contributed by atoms with Crippen molar-refractivity contribution in [3.63, 3.8) is 0 Å². The van der Waals surface area contributed by atoms with Crippen molar-refractivity contribution >= 4 is 11.6 Å². The van der Waals surface area contributed by atoms with E-state index in [2.05, 4.69) is 26.9 Å². The zero-order chi connectivity index (χ0) is 10.2. The molecule has 0 spiro atoms. The third-order valence-electron chi connectivity index (χ3n) is 1.40. The lowest BCUT2D eigenvalue weighted by atomic mass is 10.2. The number of aromatic nitrogens is 1. The highest BCUT2D eigenvalue weighted by Crippen LogP contribution is 2.11. The van der Waals surface area contributed by atoms with E-state index in [-0.39, 0.29) is 0 Å². The van der Waals surface area contributed by atoms with Crippen LogP contribution in [0.1, 0.15) is 12.0 Å². The Morgan fingerprint density at radius 3 is 3.21 bits per heavy atom. The quantitative estimate of drug-likeness (QED) is 0.241. The topological polar surface area (TPSA) is 61.7 Å². The Balaban J connectivity index is 2.59. The smallest absolute Gasteiger partial charge is 0.0745 e. The number of pyridine rings is 1. The first kappa shape index (κ1) is 10.4. The highest BCUT2D eigenvalue weighted by atomic mass is 35.5. The van der Waals surface area contributed by atoms with Crippen molar-refractivity contribution in [2.24, 2.45) is 5.11 Å². The molecule has 70 valence electrons. The van der Waals surface area contributed by atoms with Crippen LogP contribution < -0.4 is 0 Å². The molecule has 0 aliphatic carbocycles. The molecule has 0 aliphatic heterocycles. The van der Waals surface area contributed by atoms with E-state index in [0.29, 0.717) is 18.0 Å². The van der Waals surface area contributed by atoms with Gasteiger partial charge in [0, 0.05) is 35.8 Å². The lowest BCUT2D eigenvalue weighted by molar-refractivity contribution is 1.01. The molecule has 1 aromatic heterocycles. The van der Waals surface area contributed by atoms with E-state index in [0.717, 1.165) is 5.56 Å². The Morgan fingerprint density at radius 2 is 2.50 bits per heavy atom. The molecule has 5 heteroatoms. The van der Waals surface area contributed by atoms with Gasteiger partial charge in [0.2, 0.25) is 0 Å². The maximum atomic E-state index is 8.01. The van der Waals surface area contributed by atoms with Crippen LogP contribution in [0.15, 0.2) is 23.6 Å². The molecule has 14 heavy (non-hydrogen) atoms. The highest BCUT2D eigenvalue weighted by Gasteiger charge is 1.92. The molecule has 0 atom stereocenters. The van der Waals surface area contributed by atoms with E-state index in [4.69, 9.17) is 17.1 Å². The molecule has 0 aromatic carbocycles. The molecule has 0 saturated carbocycles. The fraction of sp³-hybridized carbons (Fsp3) is 0.222. The van der Waals surface area contributed by atoms with Gasteiger partial charge in [0.25, 0.3) is 0 Å². The average molecular weight is 207 g/mol. The van der Waals surface area contributed by atoms with E-state index in [1.165, 1.54) is 0 Å². The maximum absolute atomic E-state index is 8.01. The van der Waals surface area contributed by atoms with Crippen molar-refractivity contribution in [1.29, 1.82) is 0 Å². The van der Waals surface area contributed by atoms with Crippen LogP contribution in [0.4, 0.5) is 0 Å². The summed E-state index contributed by atoms with van der Waals surface area (Å²) in [5.41, 5.74) is 8.75. The van der Waals surface area contributed by atoms with Crippen molar-refractivity contribution in [2.75, 3.05) is 6.54 Å². The molecule has 0 radical (unpaired) electrons. The van der Waals surface area contributed by atoms with E-state index in [1.54, 1.807) is 18.5 Å². The summed E-state index contributed by atoms with van der Waals surface area (Å²) in [5.74, 6) is 5.72. The first-order valence-electron chi connectivity index (χ1n) is 3.94. The zero-order valence-electron chi connectivity index (χ0n) is 7.31. The van der Waals surface area contributed by atoms with E-state index < -0.39 is 0 Å². The van der Waals surface area contributed by atoms with Gasteiger partial charge in [0.1, 0.15) is 0 Å². The molecule has 1 heterocycles. The van der Waals surface area contributed by atoms with Crippen LogP contribution in [0.25, 0.3) is 10.4 Å². The molecule has 0 aliphatic rings. The number of azide groups is 1. The largest absolute Gasteiger partial charge is 0.263 e. The third-order valence-corrected chi connectivity index (χ3v) is 1.70. The first-order valence-corrected chi connectivity index (χ1v) is 4.31. The molecule has 0 bridgehead atoms. The summed E-state index contributed by atoms with van der Waals surface area (Å²) in [5, 5.41) is 3.89. The summed E-state index contributed by atoms with van der Waals surface area (Å²) in [6.45, 7) is 0.381. The molecular formula is C9H7ClN4. The molecule has 0 saturated heterocycles. The Hall–Kier alpha value is -1.69. The van der Waals surface area contributed by atoms with Gasteiger partial charge in [0.15, 0.2) is 0 Å². The Kier molecular flexibility index (Phi) is 4.36. The van der Waals surface area contributed by atoms with Crippen LogP contribution in [-0.2, 0) is 0 Å². The molecule has 4 nitrogen and oxygen atoms in total. The summed E-state index contributed by atoms with van der Waals surface area (Å²) in [7, 11) is 0. The number of nitrogens with zero attached hydrogens (tertiary/aromatic N) is 4. The third kappa shape index (κ3) is 3.36. The van der Waals surface area contributed by atoms with E-state index >= 15 is 0 Å². The number of hydrogen-bond acceptors (Lipinski definition) is 2. The maximum Gasteiger partial charge on any atom is 0.0745 e. The summed E-state index contributed by atoms with van der Waals surface area (Å²) in [4.78, 5) is 6.46. The van der Waals surface area contributed by atoms with Crippen LogP contribution in [0.5, 0.6) is 0 Å². The van der Waals surface area contributed by atoms with Gasteiger partial charge in [-0.2, -0.15) is 0 Å². The summed E-state index contributed by atoms with van der Waals surface area (Å²) in [6, 6.07) is 1.74. The van der Waals surface area contributed by atoms with Gasteiger partial charge in [-0.1, -0.05) is 28.6 Å². The molecular weight excluding hydrogens is 200 g/mol. The molecule has 0 fully saturated rings. The predicted octanol–water partition coefficient (Wildman–Crippen LogP) is 2.79. The van der Waals surface area contributed by atoms with Crippen molar-refractivity contribution in [3.8, 4) is 11.8 Å². The molecule has 0 amide bonds. The van der Waals surface area contributed by atoms with Crippen molar-refractivity contribution in [1.82, 2.24) is 4.98 Å². The Labute approximate surface area is 86.5 Å². The van der Waals surface area contributed by atoms with E-state index in [1.807, 2.05) is 0 Å². The van der Waals surface area contributed by atoms with Crippen molar-refractivity contribution < 1.29 is 0 Å². The van der Waals surface area contributed by atoms with Gasteiger partial charge in [-0.05, 0) is 11.6 Å². The SMILES string of the molecule is [N-]=[N+]=NCCC#Cc1ccncc1Cl. The Bertz CT molecular complexity index is 412. The summed E-state index contributed by atoms with van der Waals surface area (Å²) >= 11 is 5.82. The number of halogens is 1. The van der Waals surface area contributed by atoms with Crippen LogP contribution in [0, 0.1) is 11.8 Å². The van der Waals surface area contributed by atoms with Crippen LogP contribution in [-0.4, -0.2) is 11.5 Å². The molecule has 1 aromatic rings. The van der Waals surface area contributed by atoms with Gasteiger partial charge in [-0.25, -0.2) is 0 Å². The highest BCUT2D eigenvalue weighted by molar-refractivity contribution is 6.31. The van der Waals surface area contributed by atoms with Gasteiger partial charge < -0.3 is 0 Å². The minimum Gasteiger partial charge on any atom is -0.263 e. The van der Waals surface area contributed by atoms with Gasteiger partial charge in [-0.15, -0.1) is 0 Å². The second-order valence-electron chi connectivity index (χ2n) is 2.36. The standard InChI is InChI=1S/C9H7ClN4/c10-9-7-12-6-4-8(9)3-1-2-5-13-14-11/h4,6-7H,2,5H2. The van der Waals surface area contributed by atoms with Gasteiger partial charge in [0.05, 0.1) is 5.02 Å². The molecule has 1 rings (SSSR count). The normalized spacial score (nSPS) is 8.36. The van der Waals surface area contributed by atoms with E-state index in [9.17, 15) is 0 Å². The second-order valence-corrected chi connectivity index (χ2v) is 2.77. The fourth-order valence-corrected chi connectivity index (χ4v) is 0.951. The summed E-state index contributed by atoms with van der Waals surface area (Å²) in [6.07, 6.45) is 3.70. The molecule has 0 N–H and O–H groups in total. The van der Waals surface area contributed by atoms with Crippen LogP contribution >= 0.6 is 11.6 Å². The fourth-order valence-electron chi connectivity index (χ4n) is 0.785. The van der Waals surface area contributed by atoms with Gasteiger partial charge in [-0.3, -0.25) is 4.98 Å². The first-order chi connectivity index (χ1) is 6.84. The van der Waals surface area contributed by atoms with Crippen molar-refractivity contribution in [3.05, 3.63) is 39.5 Å². The lowest BCUT2D eigenvalue weighted by Crippen LogP contribution is -1.79. The molecule has 0 unspecified atom stereocenters. The average Bonchev–Trinajstić information content (AvgIpc) is 2.20. The summed E-state index contributed by atoms with van der Waals surface area (Å²) < 4.78 is 0. The van der Waals surface area contributed by atoms with Crippen molar-refractivity contribution in [2.45, 2.75) is 6.42 Å². The number of rotatable bonds is 2. The minimum atomic E-state index is 0.381. The van der Waals surface area contributed by atoms with Crippen LogP contribution in [0.3, 0.4) is 0 Å².